The molecule has 0 atom stereocenters. The molecule has 0 saturated carbocycles. The second-order valence-electron chi connectivity index (χ2n) is 6.39. The summed E-state index contributed by atoms with van der Waals surface area (Å²) >= 11 is 0. The number of carbonyl (C=O) groups excluding carboxylic acids is 1. The first-order valence-corrected chi connectivity index (χ1v) is 8.56. The molecule has 0 saturated heterocycles. The number of hydrogen-bond acceptors (Lipinski definition) is 2. The van der Waals surface area contributed by atoms with Crippen molar-refractivity contribution in [2.45, 2.75) is 13.1 Å². The predicted octanol–water partition coefficient (Wildman–Crippen LogP) is 6.43. The van der Waals surface area contributed by atoms with Crippen LogP contribution in [-0.4, -0.2) is 5.91 Å². The standard InChI is InChI=1S/C21H14F6N2O/c1-11-3-2-4-15(23)19(11)20(30)28-13-6-8-18(16(24)10-13)29-17-7-5-12(22)9-14(17)21(25,26)27/h2-10,29H,1H3,(H,28,30). The Morgan fingerprint density at radius 2 is 1.57 bits per heavy atom. The summed E-state index contributed by atoms with van der Waals surface area (Å²) in [5.74, 6) is -3.61. The van der Waals surface area contributed by atoms with Crippen molar-refractivity contribution in [3.05, 3.63) is 88.7 Å². The minimum Gasteiger partial charge on any atom is -0.353 e. The minimum atomic E-state index is -4.85. The van der Waals surface area contributed by atoms with Gasteiger partial charge in [-0.2, -0.15) is 13.2 Å². The van der Waals surface area contributed by atoms with E-state index in [2.05, 4.69) is 10.6 Å². The molecule has 3 nitrogen and oxygen atoms in total. The number of rotatable bonds is 4. The van der Waals surface area contributed by atoms with Crippen LogP contribution in [0.15, 0.2) is 54.6 Å². The smallest absolute Gasteiger partial charge is 0.353 e. The molecular formula is C21H14F6N2O. The summed E-state index contributed by atoms with van der Waals surface area (Å²) in [4.78, 5) is 12.3. The molecule has 156 valence electrons. The first-order valence-electron chi connectivity index (χ1n) is 8.56. The first-order chi connectivity index (χ1) is 14.1. The molecule has 0 fully saturated rings. The topological polar surface area (TPSA) is 41.1 Å². The van der Waals surface area contributed by atoms with Gasteiger partial charge in [0, 0.05) is 5.69 Å². The molecular weight excluding hydrogens is 410 g/mol. The van der Waals surface area contributed by atoms with Crippen molar-refractivity contribution in [2.24, 2.45) is 0 Å². The Hall–Kier alpha value is -3.49. The number of halogens is 6. The molecule has 3 aromatic rings. The van der Waals surface area contributed by atoms with Gasteiger partial charge in [0.2, 0.25) is 0 Å². The van der Waals surface area contributed by atoms with Crippen LogP contribution in [0.3, 0.4) is 0 Å². The Balaban J connectivity index is 1.84. The van der Waals surface area contributed by atoms with Gasteiger partial charge < -0.3 is 10.6 Å². The molecule has 0 aromatic heterocycles. The van der Waals surface area contributed by atoms with Crippen molar-refractivity contribution in [2.75, 3.05) is 10.6 Å². The van der Waals surface area contributed by atoms with Crippen molar-refractivity contribution < 1.29 is 31.1 Å². The highest BCUT2D eigenvalue weighted by atomic mass is 19.4. The Bertz CT molecular complexity index is 1090. The van der Waals surface area contributed by atoms with Gasteiger partial charge in [-0.15, -0.1) is 0 Å². The van der Waals surface area contributed by atoms with Gasteiger partial charge in [-0.25, -0.2) is 13.2 Å². The predicted molar refractivity (Wildman–Crippen MR) is 100 cm³/mol. The van der Waals surface area contributed by atoms with Crippen LogP contribution < -0.4 is 10.6 Å². The highest BCUT2D eigenvalue weighted by Crippen LogP contribution is 2.37. The van der Waals surface area contributed by atoms with Gasteiger partial charge in [-0.3, -0.25) is 4.79 Å². The number of amides is 1. The number of benzene rings is 3. The van der Waals surface area contributed by atoms with Crippen LogP contribution >= 0.6 is 0 Å². The Morgan fingerprint density at radius 3 is 2.20 bits per heavy atom. The maximum atomic E-state index is 14.4. The fourth-order valence-corrected chi connectivity index (χ4v) is 2.81. The minimum absolute atomic E-state index is 0.0270. The van der Waals surface area contributed by atoms with Crippen molar-refractivity contribution in [3.63, 3.8) is 0 Å². The number of nitrogens with one attached hydrogen (secondary N) is 2. The lowest BCUT2D eigenvalue weighted by molar-refractivity contribution is -0.137. The molecule has 9 heteroatoms. The second kappa shape index (κ2) is 8.10. The molecule has 30 heavy (non-hydrogen) atoms. The molecule has 3 rings (SSSR count). The quantitative estimate of drug-likeness (QED) is 0.474. The van der Waals surface area contributed by atoms with E-state index >= 15 is 0 Å². The van der Waals surface area contributed by atoms with Gasteiger partial charge in [-0.1, -0.05) is 12.1 Å². The largest absolute Gasteiger partial charge is 0.418 e. The van der Waals surface area contributed by atoms with Crippen molar-refractivity contribution >= 4 is 23.0 Å². The molecule has 3 aromatic carbocycles. The maximum Gasteiger partial charge on any atom is 0.418 e. The van der Waals surface area contributed by atoms with E-state index in [1.54, 1.807) is 0 Å². The molecule has 0 heterocycles. The highest BCUT2D eigenvalue weighted by Gasteiger charge is 2.34. The molecule has 2 N–H and O–H groups in total. The van der Waals surface area contributed by atoms with E-state index in [0.717, 1.165) is 30.3 Å². The summed E-state index contributed by atoms with van der Waals surface area (Å²) in [5, 5.41) is 4.61. The van der Waals surface area contributed by atoms with E-state index in [1.807, 2.05) is 0 Å². The number of aryl methyl sites for hydroxylation is 1. The van der Waals surface area contributed by atoms with Crippen LogP contribution in [0.25, 0.3) is 0 Å². The van der Waals surface area contributed by atoms with Gasteiger partial charge in [0.05, 0.1) is 22.5 Å². The third kappa shape index (κ3) is 4.56. The van der Waals surface area contributed by atoms with E-state index < -0.39 is 40.8 Å². The van der Waals surface area contributed by atoms with Gasteiger partial charge in [0.25, 0.3) is 5.91 Å². The van der Waals surface area contributed by atoms with E-state index in [0.29, 0.717) is 11.6 Å². The normalized spacial score (nSPS) is 11.3. The Morgan fingerprint density at radius 1 is 0.867 bits per heavy atom. The molecule has 0 radical (unpaired) electrons. The van der Waals surface area contributed by atoms with Crippen LogP contribution in [0.4, 0.5) is 43.4 Å². The van der Waals surface area contributed by atoms with Crippen LogP contribution in [0, 0.1) is 24.4 Å². The third-order valence-electron chi connectivity index (χ3n) is 4.23. The van der Waals surface area contributed by atoms with Crippen LogP contribution in [0.5, 0.6) is 0 Å². The number of alkyl halides is 3. The summed E-state index contributed by atoms with van der Waals surface area (Å²) < 4.78 is 80.8. The van der Waals surface area contributed by atoms with E-state index in [-0.39, 0.29) is 16.9 Å². The number of carbonyl (C=O) groups is 1. The highest BCUT2D eigenvalue weighted by molar-refractivity contribution is 6.05. The van der Waals surface area contributed by atoms with Crippen molar-refractivity contribution in [1.82, 2.24) is 0 Å². The van der Waals surface area contributed by atoms with Crippen LogP contribution in [0.1, 0.15) is 21.5 Å². The molecule has 0 bridgehead atoms. The maximum absolute atomic E-state index is 14.4. The van der Waals surface area contributed by atoms with E-state index in [4.69, 9.17) is 0 Å². The summed E-state index contributed by atoms with van der Waals surface area (Å²) in [6, 6.07) is 9.22. The molecule has 0 spiro atoms. The summed E-state index contributed by atoms with van der Waals surface area (Å²) in [7, 11) is 0. The lowest BCUT2D eigenvalue weighted by Gasteiger charge is -2.16. The summed E-state index contributed by atoms with van der Waals surface area (Å²) in [5.41, 5.74) is -2.02. The Kier molecular flexibility index (Phi) is 5.73. The molecule has 1 amide bonds. The average Bonchev–Trinajstić information content (AvgIpc) is 2.64. The zero-order valence-corrected chi connectivity index (χ0v) is 15.4. The second-order valence-corrected chi connectivity index (χ2v) is 6.39. The van der Waals surface area contributed by atoms with Gasteiger partial charge in [-0.05, 0) is 55.0 Å². The average molecular weight is 424 g/mol. The third-order valence-corrected chi connectivity index (χ3v) is 4.23. The Labute approximate surface area is 167 Å². The molecule has 0 aliphatic carbocycles. The van der Waals surface area contributed by atoms with Crippen LogP contribution in [-0.2, 0) is 6.18 Å². The monoisotopic (exact) mass is 424 g/mol. The fourth-order valence-electron chi connectivity index (χ4n) is 2.81. The van der Waals surface area contributed by atoms with E-state index in [1.165, 1.54) is 25.1 Å². The van der Waals surface area contributed by atoms with Gasteiger partial charge in [0.1, 0.15) is 17.5 Å². The van der Waals surface area contributed by atoms with Gasteiger partial charge >= 0.3 is 6.18 Å². The zero-order valence-electron chi connectivity index (χ0n) is 15.4. The number of anilines is 3. The lowest BCUT2D eigenvalue weighted by Crippen LogP contribution is -2.15. The van der Waals surface area contributed by atoms with E-state index in [9.17, 15) is 31.1 Å². The fraction of sp³-hybridized carbons (Fsp3) is 0.0952. The number of hydrogen-bond donors (Lipinski definition) is 2. The lowest BCUT2D eigenvalue weighted by atomic mass is 10.1. The summed E-state index contributed by atoms with van der Waals surface area (Å²) in [6.07, 6.45) is -4.85. The first kappa shape index (κ1) is 21.2. The van der Waals surface area contributed by atoms with Crippen LogP contribution in [0.2, 0.25) is 0 Å². The molecule has 0 aliphatic heterocycles. The molecule has 0 aliphatic rings. The van der Waals surface area contributed by atoms with Crippen molar-refractivity contribution in [3.8, 4) is 0 Å². The zero-order chi connectivity index (χ0) is 22.1. The van der Waals surface area contributed by atoms with Gasteiger partial charge in [0.15, 0.2) is 0 Å². The summed E-state index contributed by atoms with van der Waals surface area (Å²) in [6.45, 7) is 1.53. The molecule has 0 unspecified atom stereocenters. The SMILES string of the molecule is Cc1cccc(F)c1C(=O)Nc1ccc(Nc2ccc(F)cc2C(F)(F)F)c(F)c1. The van der Waals surface area contributed by atoms with Crippen molar-refractivity contribution in [1.29, 1.82) is 0 Å².